The van der Waals surface area contributed by atoms with Crippen molar-refractivity contribution >= 4 is 37.7 Å². The zero-order valence-corrected chi connectivity index (χ0v) is 18.3. The summed E-state index contributed by atoms with van der Waals surface area (Å²) in [7, 11) is -3.58. The molecule has 1 fully saturated rings. The summed E-state index contributed by atoms with van der Waals surface area (Å²) in [6.07, 6.45) is 1.48. The molecule has 1 aliphatic heterocycles. The van der Waals surface area contributed by atoms with Crippen LogP contribution in [0.3, 0.4) is 0 Å². The average molecular weight is 449 g/mol. The third-order valence-corrected chi connectivity index (χ3v) is 7.55. The van der Waals surface area contributed by atoms with Crippen LogP contribution in [0.2, 0.25) is 0 Å². The van der Waals surface area contributed by atoms with E-state index in [1.165, 1.54) is 0 Å². The molecule has 3 aromatic carbocycles. The second-order valence-corrected chi connectivity index (χ2v) is 10.0. The molecule has 1 N–H and O–H groups in total. The number of nitrogens with one attached hydrogen (secondary N) is 1. The highest BCUT2D eigenvalue weighted by Crippen LogP contribution is 2.24. The Morgan fingerprint density at radius 1 is 0.906 bits per heavy atom. The molecule has 164 valence electrons. The summed E-state index contributed by atoms with van der Waals surface area (Å²) in [6, 6.07) is 22.2. The van der Waals surface area contributed by atoms with Crippen LogP contribution in [-0.2, 0) is 10.0 Å². The van der Waals surface area contributed by atoms with Crippen molar-refractivity contribution in [3.05, 3.63) is 78.6 Å². The van der Waals surface area contributed by atoms with Crippen LogP contribution in [-0.4, -0.2) is 38.9 Å². The lowest BCUT2D eigenvalue weighted by Gasteiger charge is -2.31. The van der Waals surface area contributed by atoms with E-state index < -0.39 is 10.0 Å². The molecule has 1 aromatic heterocycles. The van der Waals surface area contributed by atoms with Gasteiger partial charge in [-0.2, -0.15) is 0 Å². The lowest BCUT2D eigenvalue weighted by atomic mass is 9.97. The third kappa shape index (κ3) is 4.13. The first kappa shape index (κ1) is 20.7. The van der Waals surface area contributed by atoms with Crippen molar-refractivity contribution in [2.45, 2.75) is 17.7 Å². The highest BCUT2D eigenvalue weighted by atomic mass is 32.2. The molecule has 6 nitrogen and oxygen atoms in total. The summed E-state index contributed by atoms with van der Waals surface area (Å²) in [5.74, 6) is 0.419. The maximum absolute atomic E-state index is 12.8. The molecule has 0 atom stereocenters. The summed E-state index contributed by atoms with van der Waals surface area (Å²) in [5.41, 5.74) is 0.703. The lowest BCUT2D eigenvalue weighted by molar-refractivity contribution is 0.0662. The number of furan rings is 1. The van der Waals surface area contributed by atoms with E-state index in [1.807, 2.05) is 54.6 Å². The Morgan fingerprint density at radius 3 is 2.34 bits per heavy atom. The molecule has 2 heterocycles. The Kier molecular flexibility index (Phi) is 5.45. The summed E-state index contributed by atoms with van der Waals surface area (Å²) in [4.78, 5) is 14.9. The van der Waals surface area contributed by atoms with Gasteiger partial charge in [0, 0.05) is 25.0 Å². The summed E-state index contributed by atoms with van der Waals surface area (Å²) in [5, 5.41) is 2.81. The summed E-state index contributed by atoms with van der Waals surface area (Å²) in [6.45, 7) is 1.53. The van der Waals surface area contributed by atoms with Crippen molar-refractivity contribution in [1.82, 2.24) is 9.62 Å². The smallest absolute Gasteiger partial charge is 0.289 e. The Labute approximate surface area is 186 Å². The first-order chi connectivity index (χ1) is 15.5. The number of fused-ring (bicyclic) bond motifs is 2. The third-order valence-electron chi connectivity index (χ3n) is 6.13. The largest absolute Gasteiger partial charge is 0.451 e. The Bertz CT molecular complexity index is 1350. The number of nitrogens with zero attached hydrogens (tertiary/aromatic N) is 1. The van der Waals surface area contributed by atoms with Gasteiger partial charge in [-0.1, -0.05) is 48.5 Å². The molecule has 7 heteroatoms. The van der Waals surface area contributed by atoms with Gasteiger partial charge in [-0.25, -0.2) is 13.1 Å². The number of sulfonamides is 1. The zero-order valence-electron chi connectivity index (χ0n) is 17.5. The molecule has 1 saturated heterocycles. The monoisotopic (exact) mass is 448 g/mol. The fourth-order valence-electron chi connectivity index (χ4n) is 4.23. The predicted octanol–water partition coefficient (Wildman–Crippen LogP) is 4.42. The molecule has 0 saturated carbocycles. The van der Waals surface area contributed by atoms with E-state index in [4.69, 9.17) is 4.42 Å². The number of carbonyl (C=O) groups excluding carboxylic acids is 1. The van der Waals surface area contributed by atoms with E-state index in [1.54, 1.807) is 23.1 Å². The molecule has 32 heavy (non-hydrogen) atoms. The van der Waals surface area contributed by atoms with Gasteiger partial charge < -0.3 is 9.32 Å². The highest BCUT2D eigenvalue weighted by Gasteiger charge is 2.27. The van der Waals surface area contributed by atoms with Crippen molar-refractivity contribution in [2.75, 3.05) is 19.6 Å². The summed E-state index contributed by atoms with van der Waals surface area (Å²) >= 11 is 0. The van der Waals surface area contributed by atoms with Crippen LogP contribution in [0.5, 0.6) is 0 Å². The van der Waals surface area contributed by atoms with Gasteiger partial charge in [0.05, 0.1) is 4.90 Å². The van der Waals surface area contributed by atoms with Gasteiger partial charge in [-0.3, -0.25) is 4.79 Å². The molecule has 1 amide bonds. The second kappa shape index (κ2) is 8.41. The van der Waals surface area contributed by atoms with Gasteiger partial charge in [0.25, 0.3) is 5.91 Å². The number of para-hydroxylation sites is 1. The molecule has 0 bridgehead atoms. The summed E-state index contributed by atoms with van der Waals surface area (Å²) < 4.78 is 34.0. The first-order valence-corrected chi connectivity index (χ1v) is 12.2. The minimum absolute atomic E-state index is 0.114. The first-order valence-electron chi connectivity index (χ1n) is 10.8. The number of benzene rings is 3. The van der Waals surface area contributed by atoms with Crippen LogP contribution in [0.25, 0.3) is 21.7 Å². The molecule has 4 aromatic rings. The Morgan fingerprint density at radius 2 is 1.59 bits per heavy atom. The number of hydrogen-bond donors (Lipinski definition) is 1. The molecule has 5 rings (SSSR count). The van der Waals surface area contributed by atoms with Gasteiger partial charge in [0.2, 0.25) is 10.0 Å². The van der Waals surface area contributed by atoms with Crippen molar-refractivity contribution in [2.24, 2.45) is 5.92 Å². The number of carbonyl (C=O) groups is 1. The number of piperidine rings is 1. The standard InChI is InChI=1S/C25H24N2O4S/c28-25(24-16-21-7-3-4-8-23(21)31-24)27-13-11-18(12-14-27)17-26-32(29,30)22-10-9-19-5-1-2-6-20(19)15-22/h1-10,15-16,18,26H,11-14,17H2. The second-order valence-electron chi connectivity index (χ2n) is 8.24. The van der Waals surface area contributed by atoms with Gasteiger partial charge >= 0.3 is 0 Å². The number of hydrogen-bond acceptors (Lipinski definition) is 4. The highest BCUT2D eigenvalue weighted by molar-refractivity contribution is 7.89. The van der Waals surface area contributed by atoms with E-state index in [2.05, 4.69) is 4.72 Å². The van der Waals surface area contributed by atoms with Crippen LogP contribution in [0.4, 0.5) is 0 Å². The Hall–Kier alpha value is -3.16. The van der Waals surface area contributed by atoms with Gasteiger partial charge in [-0.15, -0.1) is 0 Å². The van der Waals surface area contributed by atoms with E-state index >= 15 is 0 Å². The molecular formula is C25H24N2O4S. The number of amides is 1. The van der Waals surface area contributed by atoms with Gasteiger partial charge in [0.1, 0.15) is 5.58 Å². The van der Waals surface area contributed by atoms with Crippen molar-refractivity contribution in [3.63, 3.8) is 0 Å². The average Bonchev–Trinajstić information content (AvgIpc) is 3.27. The maximum Gasteiger partial charge on any atom is 0.289 e. The fraction of sp³-hybridized carbons (Fsp3) is 0.240. The van der Waals surface area contributed by atoms with E-state index in [0.29, 0.717) is 31.0 Å². The maximum atomic E-state index is 12.8. The van der Waals surface area contributed by atoms with E-state index in [-0.39, 0.29) is 16.7 Å². The minimum atomic E-state index is -3.58. The topological polar surface area (TPSA) is 79.6 Å². The van der Waals surface area contributed by atoms with E-state index in [0.717, 1.165) is 29.0 Å². The van der Waals surface area contributed by atoms with Crippen LogP contribution >= 0.6 is 0 Å². The molecular weight excluding hydrogens is 424 g/mol. The van der Waals surface area contributed by atoms with Crippen LogP contribution < -0.4 is 4.72 Å². The number of likely N-dealkylation sites (tertiary alicyclic amines) is 1. The fourth-order valence-corrected chi connectivity index (χ4v) is 5.38. The van der Waals surface area contributed by atoms with Crippen LogP contribution in [0.1, 0.15) is 23.4 Å². The van der Waals surface area contributed by atoms with Gasteiger partial charge in [-0.05, 0) is 53.8 Å². The van der Waals surface area contributed by atoms with E-state index in [9.17, 15) is 13.2 Å². The molecule has 1 aliphatic rings. The van der Waals surface area contributed by atoms with Crippen molar-refractivity contribution in [1.29, 1.82) is 0 Å². The quantitative estimate of drug-likeness (QED) is 0.490. The van der Waals surface area contributed by atoms with Crippen LogP contribution in [0.15, 0.2) is 82.1 Å². The molecule has 0 spiro atoms. The van der Waals surface area contributed by atoms with Gasteiger partial charge in [0.15, 0.2) is 5.76 Å². The Balaban J connectivity index is 1.18. The molecule has 0 aliphatic carbocycles. The lowest BCUT2D eigenvalue weighted by Crippen LogP contribution is -2.41. The van der Waals surface area contributed by atoms with Crippen molar-refractivity contribution < 1.29 is 17.6 Å². The molecule has 0 radical (unpaired) electrons. The van der Waals surface area contributed by atoms with Crippen LogP contribution in [0, 0.1) is 5.92 Å². The predicted molar refractivity (Wildman–Crippen MR) is 124 cm³/mol. The van der Waals surface area contributed by atoms with Crippen molar-refractivity contribution in [3.8, 4) is 0 Å². The number of rotatable bonds is 5. The SMILES string of the molecule is O=C(c1cc2ccccc2o1)N1CCC(CNS(=O)(=O)c2ccc3ccccc3c2)CC1. The molecule has 0 unspecified atom stereocenters. The normalized spacial score (nSPS) is 15.4. The zero-order chi connectivity index (χ0) is 22.1. The minimum Gasteiger partial charge on any atom is -0.451 e.